The third-order valence-corrected chi connectivity index (χ3v) is 4.79. The van der Waals surface area contributed by atoms with Crippen LogP contribution >= 0.6 is 0 Å². The molecule has 1 amide bonds. The fourth-order valence-corrected chi connectivity index (χ4v) is 3.42. The van der Waals surface area contributed by atoms with Gasteiger partial charge in [0.25, 0.3) is 0 Å². The maximum Gasteiger partial charge on any atom is 0.224 e. The summed E-state index contributed by atoms with van der Waals surface area (Å²) >= 11 is 0. The number of carbonyl (C=O) groups is 1. The minimum absolute atomic E-state index is 0.133. The van der Waals surface area contributed by atoms with Gasteiger partial charge in [0.15, 0.2) is 0 Å². The molecule has 0 unspecified atom stereocenters. The van der Waals surface area contributed by atoms with Crippen molar-refractivity contribution in [2.75, 3.05) is 18.1 Å². The Labute approximate surface area is 126 Å². The summed E-state index contributed by atoms with van der Waals surface area (Å²) in [6.07, 6.45) is 4.18. The Kier molecular flexibility index (Phi) is 3.85. The second kappa shape index (κ2) is 5.64. The normalized spacial score (nSPS) is 25.3. The van der Waals surface area contributed by atoms with E-state index in [1.54, 1.807) is 6.92 Å². The van der Waals surface area contributed by atoms with Gasteiger partial charge in [-0.1, -0.05) is 19.1 Å². The number of hydrogen-bond acceptors (Lipinski definition) is 2. The van der Waals surface area contributed by atoms with Gasteiger partial charge in [-0.25, -0.2) is 0 Å². The van der Waals surface area contributed by atoms with E-state index in [2.05, 4.69) is 38.1 Å². The summed E-state index contributed by atoms with van der Waals surface area (Å²) in [4.78, 5) is 14.0. The molecule has 2 aliphatic heterocycles. The van der Waals surface area contributed by atoms with E-state index in [1.807, 2.05) is 4.90 Å². The molecule has 0 bridgehead atoms. The summed E-state index contributed by atoms with van der Waals surface area (Å²) < 4.78 is 5.38. The Balaban J connectivity index is 2.00. The topological polar surface area (TPSA) is 29.5 Å². The Morgan fingerprint density at radius 1 is 1.33 bits per heavy atom. The van der Waals surface area contributed by atoms with Crippen LogP contribution in [0.1, 0.15) is 38.3 Å². The van der Waals surface area contributed by atoms with Gasteiger partial charge >= 0.3 is 0 Å². The van der Waals surface area contributed by atoms with E-state index in [0.717, 1.165) is 25.1 Å². The number of amides is 1. The standard InChI is InChI=1S/C18H23NO2/c1-12-10-17-11-16(15-6-8-21-9-7-15)4-5-18(17)19(13(12)2)14(3)20/h4-6,11-13H,7-10H2,1-3H3/t12-,13+/m1/s1. The SMILES string of the molecule is CC(=O)N1c2ccc(C3=CCOCC3)cc2C[C@@H](C)[C@@H]1C. The number of benzene rings is 1. The van der Waals surface area contributed by atoms with Crippen molar-refractivity contribution in [2.24, 2.45) is 5.92 Å². The second-order valence-electron chi connectivity index (χ2n) is 6.21. The number of anilines is 1. The van der Waals surface area contributed by atoms with E-state index in [1.165, 1.54) is 16.7 Å². The molecule has 0 saturated heterocycles. The van der Waals surface area contributed by atoms with Crippen LogP contribution in [-0.2, 0) is 16.0 Å². The predicted octanol–water partition coefficient (Wildman–Crippen LogP) is 3.42. The average Bonchev–Trinajstić information content (AvgIpc) is 2.48. The van der Waals surface area contributed by atoms with Crippen LogP contribution in [0.15, 0.2) is 24.3 Å². The Morgan fingerprint density at radius 2 is 2.14 bits per heavy atom. The smallest absolute Gasteiger partial charge is 0.224 e. The van der Waals surface area contributed by atoms with Crippen molar-refractivity contribution in [3.63, 3.8) is 0 Å². The lowest BCUT2D eigenvalue weighted by atomic mass is 9.86. The lowest BCUT2D eigenvalue weighted by Crippen LogP contribution is -2.45. The molecule has 0 fully saturated rings. The minimum Gasteiger partial charge on any atom is -0.377 e. The molecule has 1 aromatic rings. The zero-order valence-electron chi connectivity index (χ0n) is 13.1. The number of fused-ring (bicyclic) bond motifs is 1. The van der Waals surface area contributed by atoms with Crippen molar-refractivity contribution in [2.45, 2.75) is 39.7 Å². The first-order valence-electron chi connectivity index (χ1n) is 7.78. The third-order valence-electron chi connectivity index (χ3n) is 4.79. The van der Waals surface area contributed by atoms with Crippen LogP contribution in [0.3, 0.4) is 0 Å². The summed E-state index contributed by atoms with van der Waals surface area (Å²) in [6.45, 7) is 7.54. The van der Waals surface area contributed by atoms with Crippen LogP contribution in [0.5, 0.6) is 0 Å². The maximum atomic E-state index is 12.0. The van der Waals surface area contributed by atoms with Crippen LogP contribution in [0.25, 0.3) is 5.57 Å². The zero-order chi connectivity index (χ0) is 15.0. The van der Waals surface area contributed by atoms with Crippen LogP contribution < -0.4 is 4.90 Å². The molecule has 3 rings (SSSR count). The molecule has 3 nitrogen and oxygen atoms in total. The molecular formula is C18H23NO2. The molecule has 0 spiro atoms. The molecule has 2 aliphatic rings. The molecule has 0 saturated carbocycles. The number of hydrogen-bond donors (Lipinski definition) is 0. The van der Waals surface area contributed by atoms with Crippen LogP contribution in [0.4, 0.5) is 5.69 Å². The number of nitrogens with zero attached hydrogens (tertiary/aromatic N) is 1. The number of ether oxygens (including phenoxy) is 1. The van der Waals surface area contributed by atoms with E-state index < -0.39 is 0 Å². The summed E-state index contributed by atoms with van der Waals surface area (Å²) in [5.41, 5.74) is 5.03. The Morgan fingerprint density at radius 3 is 2.81 bits per heavy atom. The van der Waals surface area contributed by atoms with Crippen molar-refractivity contribution in [1.82, 2.24) is 0 Å². The third kappa shape index (κ3) is 2.62. The monoisotopic (exact) mass is 285 g/mol. The van der Waals surface area contributed by atoms with Gasteiger partial charge < -0.3 is 9.64 Å². The van der Waals surface area contributed by atoms with Crippen LogP contribution in [0.2, 0.25) is 0 Å². The molecule has 0 N–H and O–H groups in total. The molecule has 0 aromatic heterocycles. The van der Waals surface area contributed by atoms with Crippen molar-refractivity contribution in [3.8, 4) is 0 Å². The highest BCUT2D eigenvalue weighted by molar-refractivity contribution is 5.94. The predicted molar refractivity (Wildman–Crippen MR) is 85.3 cm³/mol. The first-order valence-corrected chi connectivity index (χ1v) is 7.78. The van der Waals surface area contributed by atoms with Gasteiger partial charge in [0.1, 0.15) is 0 Å². The molecule has 0 aliphatic carbocycles. The summed E-state index contributed by atoms with van der Waals surface area (Å²) in [6, 6.07) is 6.80. The highest BCUT2D eigenvalue weighted by atomic mass is 16.5. The van der Waals surface area contributed by atoms with Gasteiger partial charge in [-0.15, -0.1) is 0 Å². The van der Waals surface area contributed by atoms with E-state index in [0.29, 0.717) is 12.5 Å². The average molecular weight is 285 g/mol. The van der Waals surface area contributed by atoms with Gasteiger partial charge in [-0.3, -0.25) is 4.79 Å². The van der Waals surface area contributed by atoms with Crippen molar-refractivity contribution in [3.05, 3.63) is 35.4 Å². The van der Waals surface area contributed by atoms with E-state index in [9.17, 15) is 4.79 Å². The first-order chi connectivity index (χ1) is 10.1. The van der Waals surface area contributed by atoms with Gasteiger partial charge in [-0.2, -0.15) is 0 Å². The fraction of sp³-hybridized carbons (Fsp3) is 0.500. The summed E-state index contributed by atoms with van der Waals surface area (Å²) in [5, 5.41) is 0. The summed E-state index contributed by atoms with van der Waals surface area (Å²) in [5.74, 6) is 0.619. The Hall–Kier alpha value is -1.61. The van der Waals surface area contributed by atoms with E-state index in [4.69, 9.17) is 4.74 Å². The molecule has 2 atom stereocenters. The quantitative estimate of drug-likeness (QED) is 0.791. The van der Waals surface area contributed by atoms with Crippen LogP contribution in [-0.4, -0.2) is 25.2 Å². The number of carbonyl (C=O) groups excluding carboxylic acids is 1. The van der Waals surface area contributed by atoms with Gasteiger partial charge in [0, 0.05) is 18.7 Å². The highest BCUT2D eigenvalue weighted by Crippen LogP contribution is 2.36. The number of rotatable bonds is 1. The van der Waals surface area contributed by atoms with Gasteiger partial charge in [-0.05, 0) is 54.5 Å². The van der Waals surface area contributed by atoms with Crippen molar-refractivity contribution < 1.29 is 9.53 Å². The van der Waals surface area contributed by atoms with Crippen LogP contribution in [0, 0.1) is 5.92 Å². The lowest BCUT2D eigenvalue weighted by Gasteiger charge is -2.39. The van der Waals surface area contributed by atoms with E-state index in [-0.39, 0.29) is 11.9 Å². The maximum absolute atomic E-state index is 12.0. The van der Waals surface area contributed by atoms with Crippen molar-refractivity contribution in [1.29, 1.82) is 0 Å². The zero-order valence-corrected chi connectivity index (χ0v) is 13.1. The largest absolute Gasteiger partial charge is 0.377 e. The van der Waals surface area contributed by atoms with Gasteiger partial charge in [0.2, 0.25) is 5.91 Å². The molecular weight excluding hydrogens is 262 g/mol. The molecule has 1 aromatic carbocycles. The molecule has 112 valence electrons. The molecule has 0 radical (unpaired) electrons. The minimum atomic E-state index is 0.133. The first kappa shape index (κ1) is 14.3. The second-order valence-corrected chi connectivity index (χ2v) is 6.21. The van der Waals surface area contributed by atoms with Crippen molar-refractivity contribution >= 4 is 17.2 Å². The van der Waals surface area contributed by atoms with E-state index >= 15 is 0 Å². The molecule has 21 heavy (non-hydrogen) atoms. The highest BCUT2D eigenvalue weighted by Gasteiger charge is 2.31. The Bertz CT molecular complexity index is 591. The fourth-order valence-electron chi connectivity index (χ4n) is 3.42. The van der Waals surface area contributed by atoms with Gasteiger partial charge in [0.05, 0.1) is 13.2 Å². The molecule has 3 heteroatoms. The summed E-state index contributed by atoms with van der Waals surface area (Å²) in [7, 11) is 0. The molecule has 2 heterocycles. The lowest BCUT2D eigenvalue weighted by molar-refractivity contribution is -0.117.